The standard InChI is InChI=1S/C24H37NO6/c1-5-25-10-21(2)7-6-15(28-3)23-13-8-12-14(26)9-22(16(13)17(12)29-4)24(20(23)25,31-11-30-22)19(27)18(21)23/h12-20,26-27H,5-11H2,1-4H3/t12-,13-,14+,15+,16-,17+,18-,19+,20+,21+,22-,23+,24-/m1/s1. The molecule has 2 heterocycles. The fourth-order valence-corrected chi connectivity index (χ4v) is 11.2. The lowest BCUT2D eigenvalue weighted by Crippen LogP contribution is -2.80. The molecule has 2 aliphatic heterocycles. The first-order chi connectivity index (χ1) is 14.9. The van der Waals surface area contributed by atoms with Crippen LogP contribution in [0.4, 0.5) is 0 Å². The molecule has 0 unspecified atom stereocenters. The SMILES string of the molecule is CCN1C[C@]2(C)CC[C@H](OC)[C@@]34[C@@H]5C[C@H]6[C@H](OC)[C@@H]5[C@@]5(C[C@@H]6O)OCO[C@]5([C@@H](O)[C@H]23)[C@@H]14. The fourth-order valence-electron chi connectivity index (χ4n) is 11.2. The fraction of sp³-hybridized carbons (Fsp3) is 1.00. The molecule has 0 radical (unpaired) electrons. The predicted molar refractivity (Wildman–Crippen MR) is 110 cm³/mol. The zero-order valence-electron chi connectivity index (χ0n) is 19.1. The zero-order chi connectivity index (χ0) is 21.6. The van der Waals surface area contributed by atoms with Gasteiger partial charge in [0.1, 0.15) is 18.0 Å². The van der Waals surface area contributed by atoms with Gasteiger partial charge in [-0.05, 0) is 37.1 Å². The number of likely N-dealkylation sites (N-methyl/N-ethyl adjacent to an activating group) is 1. The van der Waals surface area contributed by atoms with Crippen molar-refractivity contribution in [2.45, 2.75) is 81.2 Å². The van der Waals surface area contributed by atoms with Crippen LogP contribution in [0.1, 0.15) is 39.5 Å². The van der Waals surface area contributed by atoms with Crippen molar-refractivity contribution in [1.82, 2.24) is 4.90 Å². The average Bonchev–Trinajstić information content (AvgIpc) is 3.33. The van der Waals surface area contributed by atoms with Crippen LogP contribution in [0, 0.1) is 34.5 Å². The van der Waals surface area contributed by atoms with Crippen LogP contribution in [0.25, 0.3) is 0 Å². The van der Waals surface area contributed by atoms with E-state index in [1.54, 1.807) is 7.11 Å². The molecule has 3 spiro atoms. The molecule has 0 aromatic heterocycles. The zero-order valence-corrected chi connectivity index (χ0v) is 19.1. The number of ether oxygens (including phenoxy) is 4. The van der Waals surface area contributed by atoms with E-state index in [0.29, 0.717) is 6.42 Å². The number of nitrogens with zero attached hydrogens (tertiary/aromatic N) is 1. The van der Waals surface area contributed by atoms with Crippen LogP contribution in [0.2, 0.25) is 0 Å². The van der Waals surface area contributed by atoms with Gasteiger partial charge in [-0.2, -0.15) is 0 Å². The molecular weight excluding hydrogens is 398 g/mol. The first-order valence-corrected chi connectivity index (χ1v) is 12.3. The van der Waals surface area contributed by atoms with E-state index in [9.17, 15) is 10.2 Å². The molecule has 7 bridgehead atoms. The van der Waals surface area contributed by atoms with Crippen molar-refractivity contribution in [2.75, 3.05) is 34.1 Å². The molecule has 7 fully saturated rings. The number of fused-ring (bicyclic) bond motifs is 1. The summed E-state index contributed by atoms with van der Waals surface area (Å²) >= 11 is 0. The summed E-state index contributed by atoms with van der Waals surface area (Å²) in [6.07, 6.45) is 2.38. The number of hydrogen-bond donors (Lipinski definition) is 2. The Labute approximate surface area is 184 Å². The summed E-state index contributed by atoms with van der Waals surface area (Å²) < 4.78 is 25.7. The summed E-state index contributed by atoms with van der Waals surface area (Å²) in [5.41, 5.74) is -1.77. The quantitative estimate of drug-likeness (QED) is 0.685. The second-order valence-electron chi connectivity index (χ2n) is 11.9. The minimum atomic E-state index is -0.846. The Kier molecular flexibility index (Phi) is 3.80. The van der Waals surface area contributed by atoms with Crippen LogP contribution in [0.3, 0.4) is 0 Å². The van der Waals surface area contributed by atoms with E-state index >= 15 is 0 Å². The summed E-state index contributed by atoms with van der Waals surface area (Å²) in [5.74, 6) is 0.606. The third-order valence-corrected chi connectivity index (χ3v) is 11.6. The van der Waals surface area contributed by atoms with Crippen LogP contribution in [0.15, 0.2) is 0 Å². The van der Waals surface area contributed by atoms with Crippen molar-refractivity contribution in [2.24, 2.45) is 34.5 Å². The summed E-state index contributed by atoms with van der Waals surface area (Å²) in [4.78, 5) is 2.59. The summed E-state index contributed by atoms with van der Waals surface area (Å²) in [5, 5.41) is 23.6. The predicted octanol–water partition coefficient (Wildman–Crippen LogP) is 1.01. The number of aliphatic hydroxyl groups is 2. The molecule has 2 N–H and O–H groups in total. The molecule has 0 aromatic rings. The van der Waals surface area contributed by atoms with Gasteiger partial charge in [-0.25, -0.2) is 0 Å². The molecule has 5 aliphatic carbocycles. The van der Waals surface area contributed by atoms with Gasteiger partial charge in [0.05, 0.1) is 30.5 Å². The molecule has 13 atom stereocenters. The van der Waals surface area contributed by atoms with Gasteiger partial charge in [0, 0.05) is 50.4 Å². The first-order valence-electron chi connectivity index (χ1n) is 12.3. The molecule has 0 amide bonds. The van der Waals surface area contributed by atoms with Gasteiger partial charge in [0.2, 0.25) is 0 Å². The van der Waals surface area contributed by atoms with Crippen LogP contribution in [0.5, 0.6) is 0 Å². The highest BCUT2D eigenvalue weighted by atomic mass is 16.7. The number of methoxy groups -OCH3 is 2. The highest BCUT2D eigenvalue weighted by Gasteiger charge is 2.93. The minimum Gasteiger partial charge on any atom is -0.393 e. The Morgan fingerprint density at radius 1 is 1.16 bits per heavy atom. The molecule has 7 heteroatoms. The highest BCUT2D eigenvalue weighted by molar-refractivity contribution is 5.42. The highest BCUT2D eigenvalue weighted by Crippen LogP contribution is 2.82. The van der Waals surface area contributed by atoms with Crippen LogP contribution in [-0.2, 0) is 18.9 Å². The van der Waals surface area contributed by atoms with Crippen molar-refractivity contribution >= 4 is 0 Å². The largest absolute Gasteiger partial charge is 0.393 e. The van der Waals surface area contributed by atoms with Crippen molar-refractivity contribution < 1.29 is 29.2 Å². The van der Waals surface area contributed by atoms with Gasteiger partial charge in [-0.1, -0.05) is 13.8 Å². The normalized spacial score (nSPS) is 65.8. The maximum absolute atomic E-state index is 12.3. The van der Waals surface area contributed by atoms with E-state index in [1.807, 2.05) is 7.11 Å². The van der Waals surface area contributed by atoms with Gasteiger partial charge in [0.15, 0.2) is 0 Å². The number of aliphatic hydroxyl groups excluding tert-OH is 2. The van der Waals surface area contributed by atoms with E-state index in [0.717, 1.165) is 32.4 Å². The maximum Gasteiger partial charge on any atom is 0.148 e. The molecule has 7 rings (SSSR count). The molecule has 0 aromatic carbocycles. The summed E-state index contributed by atoms with van der Waals surface area (Å²) in [6, 6.07) is 0.0358. The van der Waals surface area contributed by atoms with Crippen molar-refractivity contribution in [1.29, 1.82) is 0 Å². The third-order valence-electron chi connectivity index (χ3n) is 11.6. The van der Waals surface area contributed by atoms with Crippen molar-refractivity contribution in [3.63, 3.8) is 0 Å². The Hall–Kier alpha value is -0.280. The third kappa shape index (κ3) is 1.74. The lowest BCUT2D eigenvalue weighted by atomic mass is 9.43. The van der Waals surface area contributed by atoms with E-state index in [-0.39, 0.29) is 59.5 Å². The van der Waals surface area contributed by atoms with Gasteiger partial charge < -0.3 is 29.2 Å². The smallest absolute Gasteiger partial charge is 0.148 e. The second-order valence-corrected chi connectivity index (χ2v) is 11.9. The van der Waals surface area contributed by atoms with Crippen molar-refractivity contribution in [3.05, 3.63) is 0 Å². The number of piperidine rings is 1. The molecular formula is C24H37NO6. The molecule has 7 aliphatic rings. The van der Waals surface area contributed by atoms with E-state index in [1.165, 1.54) is 0 Å². The Bertz CT molecular complexity index is 811. The lowest BCUT2D eigenvalue weighted by Gasteiger charge is -2.69. The number of rotatable bonds is 3. The van der Waals surface area contributed by atoms with Gasteiger partial charge >= 0.3 is 0 Å². The maximum atomic E-state index is 12.3. The number of hydrogen-bond acceptors (Lipinski definition) is 7. The van der Waals surface area contributed by atoms with Gasteiger partial charge in [0.25, 0.3) is 0 Å². The molecule has 5 saturated carbocycles. The molecule has 31 heavy (non-hydrogen) atoms. The number of likely N-dealkylation sites (tertiary alicyclic amines) is 1. The first kappa shape index (κ1) is 20.1. The van der Waals surface area contributed by atoms with E-state index < -0.39 is 23.4 Å². The lowest BCUT2D eigenvalue weighted by molar-refractivity contribution is -0.282. The molecule has 2 saturated heterocycles. The van der Waals surface area contributed by atoms with E-state index in [2.05, 4.69) is 18.7 Å². The van der Waals surface area contributed by atoms with E-state index in [4.69, 9.17) is 18.9 Å². The topological polar surface area (TPSA) is 80.6 Å². The summed E-state index contributed by atoms with van der Waals surface area (Å²) in [7, 11) is 3.62. The van der Waals surface area contributed by atoms with Crippen LogP contribution in [-0.4, -0.2) is 90.9 Å². The molecule has 174 valence electrons. The Balaban J connectivity index is 1.57. The van der Waals surface area contributed by atoms with Crippen LogP contribution < -0.4 is 0 Å². The molecule has 7 nitrogen and oxygen atoms in total. The summed E-state index contributed by atoms with van der Waals surface area (Å²) in [6.45, 7) is 6.69. The minimum absolute atomic E-state index is 0.00943. The van der Waals surface area contributed by atoms with Crippen LogP contribution >= 0.6 is 0 Å². The Morgan fingerprint density at radius 3 is 2.68 bits per heavy atom. The monoisotopic (exact) mass is 435 g/mol. The van der Waals surface area contributed by atoms with Gasteiger partial charge in [-0.15, -0.1) is 0 Å². The van der Waals surface area contributed by atoms with Gasteiger partial charge in [-0.3, -0.25) is 4.90 Å². The second kappa shape index (κ2) is 5.85. The Morgan fingerprint density at radius 2 is 1.97 bits per heavy atom. The van der Waals surface area contributed by atoms with Crippen molar-refractivity contribution in [3.8, 4) is 0 Å². The average molecular weight is 436 g/mol.